The number of carbonyl (C=O) groups excluding carboxylic acids is 1. The molecule has 2 N–H and O–H groups in total. The molecule has 0 saturated carbocycles. The van der Waals surface area contributed by atoms with Crippen LogP contribution in [0.1, 0.15) is 44.9 Å². The number of piperidine rings is 1. The Morgan fingerprint density at radius 3 is 2.43 bits per heavy atom. The molecule has 1 amide bonds. The fourth-order valence-corrected chi connectivity index (χ4v) is 3.31. The number of carbonyl (C=O) groups is 1. The first kappa shape index (κ1) is 17.8. The number of hydrogen-bond donors (Lipinski definition) is 1. The molecule has 0 spiro atoms. The van der Waals surface area contributed by atoms with E-state index >= 15 is 0 Å². The van der Waals surface area contributed by atoms with Crippen molar-refractivity contribution in [1.82, 2.24) is 4.90 Å². The molecule has 23 heavy (non-hydrogen) atoms. The van der Waals surface area contributed by atoms with E-state index in [2.05, 4.69) is 41.1 Å². The second kappa shape index (κ2) is 9.56. The number of para-hydroxylation sites is 1. The van der Waals surface area contributed by atoms with Gasteiger partial charge < -0.3 is 15.5 Å². The standard InChI is InChI=1S/C19H31N3O/c1-21(17-9-5-4-6-10-17)18-12-15-22(16-13-18)19(23)11-7-2-3-8-14-20/h4-6,9-10,18H,2-3,7-8,11-16,20H2,1H3. The zero-order valence-corrected chi connectivity index (χ0v) is 14.4. The van der Waals surface area contributed by atoms with Gasteiger partial charge in [-0.1, -0.05) is 31.0 Å². The Morgan fingerprint density at radius 2 is 1.78 bits per heavy atom. The second-order valence-corrected chi connectivity index (χ2v) is 6.51. The third-order valence-corrected chi connectivity index (χ3v) is 4.87. The molecular weight excluding hydrogens is 286 g/mol. The highest BCUT2D eigenvalue weighted by atomic mass is 16.2. The Kier molecular flexibility index (Phi) is 7.40. The van der Waals surface area contributed by atoms with E-state index in [1.165, 1.54) is 5.69 Å². The summed E-state index contributed by atoms with van der Waals surface area (Å²) in [5.74, 6) is 0.332. The van der Waals surface area contributed by atoms with Gasteiger partial charge in [-0.25, -0.2) is 0 Å². The second-order valence-electron chi connectivity index (χ2n) is 6.51. The molecule has 0 aliphatic carbocycles. The van der Waals surface area contributed by atoms with Gasteiger partial charge in [0.05, 0.1) is 0 Å². The summed E-state index contributed by atoms with van der Waals surface area (Å²) in [7, 11) is 2.16. The molecule has 1 aliphatic rings. The predicted octanol–water partition coefficient (Wildman–Crippen LogP) is 3.02. The van der Waals surface area contributed by atoms with Crippen molar-refractivity contribution in [3.05, 3.63) is 30.3 Å². The summed E-state index contributed by atoms with van der Waals surface area (Å²) < 4.78 is 0. The number of unbranched alkanes of at least 4 members (excludes halogenated alkanes) is 3. The van der Waals surface area contributed by atoms with Crippen LogP contribution in [0.2, 0.25) is 0 Å². The van der Waals surface area contributed by atoms with Gasteiger partial charge in [-0.2, -0.15) is 0 Å². The van der Waals surface area contributed by atoms with Gasteiger partial charge in [-0.15, -0.1) is 0 Å². The molecule has 0 radical (unpaired) electrons. The minimum atomic E-state index is 0.332. The summed E-state index contributed by atoms with van der Waals surface area (Å²) in [6, 6.07) is 11.0. The lowest BCUT2D eigenvalue weighted by Gasteiger charge is -2.38. The van der Waals surface area contributed by atoms with Gasteiger partial charge in [0.15, 0.2) is 0 Å². The highest BCUT2D eigenvalue weighted by Gasteiger charge is 2.25. The third kappa shape index (κ3) is 5.54. The number of likely N-dealkylation sites (tertiary alicyclic amines) is 1. The van der Waals surface area contributed by atoms with Crippen LogP contribution in [0, 0.1) is 0 Å². The third-order valence-electron chi connectivity index (χ3n) is 4.87. The Labute approximate surface area is 140 Å². The summed E-state index contributed by atoms with van der Waals surface area (Å²) >= 11 is 0. The number of benzene rings is 1. The summed E-state index contributed by atoms with van der Waals surface area (Å²) in [5.41, 5.74) is 6.75. The monoisotopic (exact) mass is 317 g/mol. The van der Waals surface area contributed by atoms with Gasteiger partial charge in [-0.3, -0.25) is 4.79 Å². The quantitative estimate of drug-likeness (QED) is 0.750. The first-order chi connectivity index (χ1) is 11.2. The van der Waals surface area contributed by atoms with Crippen LogP contribution in [0.25, 0.3) is 0 Å². The fourth-order valence-electron chi connectivity index (χ4n) is 3.31. The maximum absolute atomic E-state index is 12.3. The highest BCUT2D eigenvalue weighted by Crippen LogP contribution is 2.22. The molecule has 1 aromatic carbocycles. The molecule has 128 valence electrons. The van der Waals surface area contributed by atoms with Crippen molar-refractivity contribution in [3.8, 4) is 0 Å². The average molecular weight is 317 g/mol. The molecule has 0 bridgehead atoms. The molecule has 0 unspecified atom stereocenters. The summed E-state index contributed by atoms with van der Waals surface area (Å²) in [6.45, 7) is 2.54. The number of rotatable bonds is 8. The van der Waals surface area contributed by atoms with E-state index in [-0.39, 0.29) is 0 Å². The average Bonchev–Trinajstić information content (AvgIpc) is 2.61. The first-order valence-corrected chi connectivity index (χ1v) is 8.98. The van der Waals surface area contributed by atoms with E-state index in [9.17, 15) is 4.79 Å². The summed E-state index contributed by atoms with van der Waals surface area (Å²) in [6.07, 6.45) is 7.16. The van der Waals surface area contributed by atoms with Gasteiger partial charge >= 0.3 is 0 Å². The van der Waals surface area contributed by atoms with Crippen molar-refractivity contribution < 1.29 is 4.79 Å². The SMILES string of the molecule is CN(c1ccccc1)C1CCN(C(=O)CCCCCCN)CC1. The van der Waals surface area contributed by atoms with E-state index in [4.69, 9.17) is 5.73 Å². The normalized spacial score (nSPS) is 15.7. The van der Waals surface area contributed by atoms with E-state index in [1.807, 2.05) is 6.07 Å². The topological polar surface area (TPSA) is 49.6 Å². The molecule has 0 aromatic heterocycles. The van der Waals surface area contributed by atoms with Gasteiger partial charge in [0, 0.05) is 38.3 Å². The van der Waals surface area contributed by atoms with Crippen LogP contribution in [0.15, 0.2) is 30.3 Å². The van der Waals surface area contributed by atoms with Crippen molar-refractivity contribution >= 4 is 11.6 Å². The smallest absolute Gasteiger partial charge is 0.222 e. The van der Waals surface area contributed by atoms with Crippen LogP contribution in [-0.4, -0.2) is 43.5 Å². The Balaban J connectivity index is 1.70. The summed E-state index contributed by atoms with van der Waals surface area (Å²) in [5, 5.41) is 0. The molecule has 1 heterocycles. The van der Waals surface area contributed by atoms with E-state index in [0.717, 1.165) is 58.2 Å². The molecule has 1 fully saturated rings. The van der Waals surface area contributed by atoms with Crippen LogP contribution >= 0.6 is 0 Å². The van der Waals surface area contributed by atoms with Gasteiger partial charge in [0.2, 0.25) is 5.91 Å². The maximum Gasteiger partial charge on any atom is 0.222 e. The zero-order valence-electron chi connectivity index (χ0n) is 14.4. The van der Waals surface area contributed by atoms with Crippen LogP contribution < -0.4 is 10.6 Å². The van der Waals surface area contributed by atoms with Crippen molar-refractivity contribution in [1.29, 1.82) is 0 Å². The van der Waals surface area contributed by atoms with E-state index in [1.54, 1.807) is 0 Å². The van der Waals surface area contributed by atoms with Crippen LogP contribution in [-0.2, 0) is 4.79 Å². The van der Waals surface area contributed by atoms with Gasteiger partial charge in [-0.05, 0) is 44.4 Å². The number of amides is 1. The number of nitrogens with zero attached hydrogens (tertiary/aromatic N) is 2. The molecular formula is C19H31N3O. The molecule has 2 rings (SSSR count). The van der Waals surface area contributed by atoms with Crippen LogP contribution in [0.5, 0.6) is 0 Å². The van der Waals surface area contributed by atoms with E-state index in [0.29, 0.717) is 18.4 Å². The molecule has 0 atom stereocenters. The van der Waals surface area contributed by atoms with E-state index < -0.39 is 0 Å². The predicted molar refractivity (Wildman–Crippen MR) is 96.6 cm³/mol. The maximum atomic E-state index is 12.3. The Hall–Kier alpha value is -1.55. The lowest BCUT2D eigenvalue weighted by atomic mass is 10.0. The number of hydrogen-bond acceptors (Lipinski definition) is 3. The fraction of sp³-hybridized carbons (Fsp3) is 0.632. The molecule has 1 aliphatic heterocycles. The van der Waals surface area contributed by atoms with Crippen molar-refractivity contribution in [2.45, 2.75) is 51.0 Å². The van der Waals surface area contributed by atoms with Crippen LogP contribution in [0.4, 0.5) is 5.69 Å². The Morgan fingerprint density at radius 1 is 1.13 bits per heavy atom. The summed E-state index contributed by atoms with van der Waals surface area (Å²) in [4.78, 5) is 16.7. The number of nitrogens with two attached hydrogens (primary N) is 1. The minimum absolute atomic E-state index is 0.332. The van der Waals surface area contributed by atoms with Crippen LogP contribution in [0.3, 0.4) is 0 Å². The first-order valence-electron chi connectivity index (χ1n) is 8.98. The molecule has 4 heteroatoms. The van der Waals surface area contributed by atoms with Gasteiger partial charge in [0.1, 0.15) is 0 Å². The molecule has 1 aromatic rings. The zero-order chi connectivity index (χ0) is 16.5. The minimum Gasteiger partial charge on any atom is -0.371 e. The molecule has 4 nitrogen and oxygen atoms in total. The lowest BCUT2D eigenvalue weighted by Crippen LogP contribution is -2.45. The van der Waals surface area contributed by atoms with Gasteiger partial charge in [0.25, 0.3) is 0 Å². The highest BCUT2D eigenvalue weighted by molar-refractivity contribution is 5.76. The lowest BCUT2D eigenvalue weighted by molar-refractivity contribution is -0.132. The Bertz CT molecular complexity index is 455. The number of anilines is 1. The van der Waals surface area contributed by atoms with Crippen molar-refractivity contribution in [2.75, 3.05) is 31.6 Å². The largest absolute Gasteiger partial charge is 0.371 e. The molecule has 1 saturated heterocycles. The van der Waals surface area contributed by atoms with Crippen molar-refractivity contribution in [3.63, 3.8) is 0 Å². The van der Waals surface area contributed by atoms with Crippen molar-refractivity contribution in [2.24, 2.45) is 5.73 Å².